The lowest BCUT2D eigenvalue weighted by atomic mass is 10.3. The van der Waals surface area contributed by atoms with Crippen molar-refractivity contribution >= 4 is 43.1 Å². The molecule has 2 aromatic rings. The fourth-order valence-corrected chi connectivity index (χ4v) is 5.03. The molecule has 6 nitrogen and oxygen atoms in total. The van der Waals surface area contributed by atoms with E-state index in [9.17, 15) is 8.42 Å². The molecule has 0 saturated heterocycles. The maximum absolute atomic E-state index is 12.7. The van der Waals surface area contributed by atoms with E-state index in [0.29, 0.717) is 15.1 Å². The number of hydrogen-bond donors (Lipinski definition) is 0. The van der Waals surface area contributed by atoms with Crippen LogP contribution < -0.4 is 4.31 Å². The van der Waals surface area contributed by atoms with Gasteiger partial charge in [-0.1, -0.05) is 5.16 Å². The first-order valence-electron chi connectivity index (χ1n) is 5.57. The van der Waals surface area contributed by atoms with E-state index < -0.39 is 10.0 Å². The largest absolute Gasteiger partial charge is 0.363 e. The molecule has 0 radical (unpaired) electrons. The van der Waals surface area contributed by atoms with Crippen LogP contribution in [-0.2, 0) is 14.8 Å². The third-order valence-electron chi connectivity index (χ3n) is 2.77. The minimum absolute atomic E-state index is 0.141. The predicted octanol–water partition coefficient (Wildman–Crippen LogP) is 2.91. The van der Waals surface area contributed by atoms with E-state index in [1.807, 2.05) is 0 Å². The Morgan fingerprint density at radius 3 is 2.65 bits per heavy atom. The lowest BCUT2D eigenvalue weighted by Gasteiger charge is -2.21. The summed E-state index contributed by atoms with van der Waals surface area (Å²) in [7, 11) is -2.34. The maximum atomic E-state index is 12.7. The van der Waals surface area contributed by atoms with Crippen LogP contribution in [0.2, 0.25) is 0 Å². The summed E-state index contributed by atoms with van der Waals surface area (Å²) in [6, 6.07) is 1.54. The molecule has 0 aliphatic rings. The number of thiophene rings is 1. The van der Waals surface area contributed by atoms with E-state index in [4.69, 9.17) is 9.26 Å². The lowest BCUT2D eigenvalue weighted by molar-refractivity contribution is 0.208. The van der Waals surface area contributed by atoms with Crippen LogP contribution in [0.4, 0.5) is 5.82 Å². The molecule has 110 valence electrons. The SMILES string of the molecule is COCN(c1noc(C)c1C)S(=O)(=O)c1ccsc1Br. The van der Waals surface area contributed by atoms with Gasteiger partial charge in [-0.3, -0.25) is 0 Å². The average Bonchev–Trinajstić information content (AvgIpc) is 2.95. The molecule has 0 aliphatic heterocycles. The van der Waals surface area contributed by atoms with Gasteiger partial charge in [-0.2, -0.15) is 0 Å². The highest BCUT2D eigenvalue weighted by Crippen LogP contribution is 2.33. The van der Waals surface area contributed by atoms with Crippen molar-refractivity contribution in [1.82, 2.24) is 5.16 Å². The second-order valence-corrected chi connectivity index (χ2v) is 8.08. The van der Waals surface area contributed by atoms with Crippen molar-refractivity contribution in [3.63, 3.8) is 0 Å². The number of ether oxygens (including phenoxy) is 1. The van der Waals surface area contributed by atoms with E-state index in [0.717, 1.165) is 4.31 Å². The van der Waals surface area contributed by atoms with Crippen molar-refractivity contribution in [2.24, 2.45) is 0 Å². The fraction of sp³-hybridized carbons (Fsp3) is 0.364. The third kappa shape index (κ3) is 2.62. The first-order valence-corrected chi connectivity index (χ1v) is 8.68. The van der Waals surface area contributed by atoms with Gasteiger partial charge in [0.2, 0.25) is 0 Å². The second kappa shape index (κ2) is 5.84. The first kappa shape index (κ1) is 15.5. The molecule has 0 aliphatic carbocycles. The van der Waals surface area contributed by atoms with Crippen molar-refractivity contribution in [3.8, 4) is 0 Å². The van der Waals surface area contributed by atoms with Gasteiger partial charge < -0.3 is 9.26 Å². The summed E-state index contributed by atoms with van der Waals surface area (Å²) in [6.07, 6.45) is 0. The number of methoxy groups -OCH3 is 1. The Balaban J connectivity index is 2.54. The Labute approximate surface area is 129 Å². The molecular weight excluding hydrogens is 368 g/mol. The molecule has 0 saturated carbocycles. The molecular formula is C11H13BrN2O4S2. The average molecular weight is 381 g/mol. The summed E-state index contributed by atoms with van der Waals surface area (Å²) in [6.45, 7) is 3.34. The van der Waals surface area contributed by atoms with Crippen molar-refractivity contribution in [2.75, 3.05) is 18.1 Å². The van der Waals surface area contributed by atoms with Gasteiger partial charge in [0.15, 0.2) is 5.82 Å². The molecule has 2 heterocycles. The number of nitrogens with zero attached hydrogens (tertiary/aromatic N) is 2. The van der Waals surface area contributed by atoms with Crippen molar-refractivity contribution in [2.45, 2.75) is 18.7 Å². The predicted molar refractivity (Wildman–Crippen MR) is 79.5 cm³/mol. The number of hydrogen-bond acceptors (Lipinski definition) is 6. The zero-order valence-corrected chi connectivity index (χ0v) is 14.3. The second-order valence-electron chi connectivity index (χ2n) is 4.02. The molecule has 0 fully saturated rings. The molecule has 0 unspecified atom stereocenters. The van der Waals surface area contributed by atoms with Gasteiger partial charge in [-0.25, -0.2) is 12.7 Å². The Bertz CT molecular complexity index is 708. The summed E-state index contributed by atoms with van der Waals surface area (Å²) in [5.74, 6) is 0.808. The highest BCUT2D eigenvalue weighted by atomic mass is 79.9. The minimum atomic E-state index is -3.76. The topological polar surface area (TPSA) is 72.6 Å². The number of sulfonamides is 1. The summed E-state index contributed by atoms with van der Waals surface area (Å²) in [5.41, 5.74) is 0.664. The summed E-state index contributed by atoms with van der Waals surface area (Å²) in [4.78, 5) is 0.180. The van der Waals surface area contributed by atoms with Crippen LogP contribution in [0.3, 0.4) is 0 Å². The third-order valence-corrected chi connectivity index (χ3v) is 6.60. The zero-order valence-electron chi connectivity index (χ0n) is 11.1. The number of anilines is 1. The van der Waals surface area contributed by atoms with Crippen LogP contribution in [0, 0.1) is 13.8 Å². The maximum Gasteiger partial charge on any atom is 0.269 e. The molecule has 0 atom stereocenters. The van der Waals surface area contributed by atoms with Gasteiger partial charge in [0.05, 0.1) is 3.79 Å². The van der Waals surface area contributed by atoms with Crippen LogP contribution in [0.15, 0.2) is 24.7 Å². The van der Waals surface area contributed by atoms with Gasteiger partial charge in [-0.05, 0) is 41.2 Å². The van der Waals surface area contributed by atoms with Gasteiger partial charge in [0.25, 0.3) is 10.0 Å². The smallest absolute Gasteiger partial charge is 0.269 e. The van der Waals surface area contributed by atoms with Gasteiger partial charge in [0, 0.05) is 12.7 Å². The van der Waals surface area contributed by atoms with E-state index in [-0.39, 0.29) is 17.4 Å². The summed E-state index contributed by atoms with van der Waals surface area (Å²) in [5, 5.41) is 5.52. The highest BCUT2D eigenvalue weighted by molar-refractivity contribution is 9.11. The van der Waals surface area contributed by atoms with Crippen molar-refractivity contribution < 1.29 is 17.7 Å². The number of halogens is 1. The summed E-state index contributed by atoms with van der Waals surface area (Å²) >= 11 is 4.54. The number of aryl methyl sites for hydroxylation is 1. The van der Waals surface area contributed by atoms with Gasteiger partial charge >= 0.3 is 0 Å². The molecule has 20 heavy (non-hydrogen) atoms. The quantitative estimate of drug-likeness (QED) is 0.745. The van der Waals surface area contributed by atoms with Crippen LogP contribution in [-0.4, -0.2) is 27.4 Å². The molecule has 0 N–H and O–H groups in total. The van der Waals surface area contributed by atoms with Crippen molar-refractivity contribution in [3.05, 3.63) is 26.6 Å². The standard InChI is InChI=1S/C11H13BrN2O4S2/c1-7-8(2)18-13-11(7)14(6-17-3)20(15,16)9-4-5-19-10(9)12/h4-5H,6H2,1-3H3. The van der Waals surface area contributed by atoms with Crippen LogP contribution in [0.5, 0.6) is 0 Å². The van der Waals surface area contributed by atoms with Crippen LogP contribution in [0.25, 0.3) is 0 Å². The Morgan fingerprint density at radius 1 is 1.50 bits per heavy atom. The molecule has 0 aromatic carbocycles. The molecule has 0 amide bonds. The van der Waals surface area contributed by atoms with Crippen LogP contribution >= 0.6 is 27.3 Å². The normalized spacial score (nSPS) is 11.8. The lowest BCUT2D eigenvalue weighted by Crippen LogP contribution is -2.33. The van der Waals surface area contributed by atoms with Crippen LogP contribution in [0.1, 0.15) is 11.3 Å². The van der Waals surface area contributed by atoms with E-state index in [1.54, 1.807) is 19.2 Å². The highest BCUT2D eigenvalue weighted by Gasteiger charge is 2.31. The zero-order chi connectivity index (χ0) is 14.9. The first-order chi connectivity index (χ1) is 9.39. The summed E-state index contributed by atoms with van der Waals surface area (Å²) < 4.78 is 37.1. The fourth-order valence-electron chi connectivity index (χ4n) is 1.59. The molecule has 0 spiro atoms. The van der Waals surface area contributed by atoms with E-state index >= 15 is 0 Å². The van der Waals surface area contributed by atoms with Gasteiger partial charge in [0.1, 0.15) is 17.4 Å². The molecule has 2 aromatic heterocycles. The molecule has 9 heteroatoms. The van der Waals surface area contributed by atoms with Crippen molar-refractivity contribution in [1.29, 1.82) is 0 Å². The monoisotopic (exact) mass is 380 g/mol. The Kier molecular flexibility index (Phi) is 4.52. The van der Waals surface area contributed by atoms with Gasteiger partial charge in [-0.15, -0.1) is 11.3 Å². The number of rotatable bonds is 5. The van der Waals surface area contributed by atoms with E-state index in [1.165, 1.54) is 24.5 Å². The molecule has 0 bridgehead atoms. The number of aromatic nitrogens is 1. The Morgan fingerprint density at radius 2 is 2.20 bits per heavy atom. The minimum Gasteiger partial charge on any atom is -0.363 e. The molecule has 2 rings (SSSR count). The Hall–Kier alpha value is -0.900. The van der Waals surface area contributed by atoms with E-state index in [2.05, 4.69) is 21.1 Å².